The summed E-state index contributed by atoms with van der Waals surface area (Å²) in [5.41, 5.74) is -3.69. The Kier molecular flexibility index (Phi) is 7.34. The maximum absolute atomic E-state index is 12.0. The zero-order valence-electron chi connectivity index (χ0n) is 13.0. The first-order valence-electron chi connectivity index (χ1n) is 6.57. The third-order valence-electron chi connectivity index (χ3n) is 2.78. The molecule has 23 heavy (non-hydrogen) atoms. The zero-order valence-corrected chi connectivity index (χ0v) is 13.8. The standard InChI is InChI=1S/C14H18F3NO4S/c1-20-10-6-9(7-11(21-2)13(10)22-3)8-12(19)18-4-5-23-14(15,16)17/h6-7H,4-5,8H2,1-3H3,(H,18,19). The number of methoxy groups -OCH3 is 3. The summed E-state index contributed by atoms with van der Waals surface area (Å²) in [5, 5.41) is 2.43. The first-order valence-corrected chi connectivity index (χ1v) is 7.55. The number of benzene rings is 1. The van der Waals surface area contributed by atoms with Crippen LogP contribution in [-0.2, 0) is 11.2 Å². The van der Waals surface area contributed by atoms with Crippen molar-refractivity contribution >= 4 is 17.7 Å². The molecule has 0 spiro atoms. The lowest BCUT2D eigenvalue weighted by Crippen LogP contribution is -2.28. The molecule has 1 rings (SSSR count). The van der Waals surface area contributed by atoms with Crippen molar-refractivity contribution in [2.24, 2.45) is 0 Å². The van der Waals surface area contributed by atoms with Crippen LogP contribution in [0.25, 0.3) is 0 Å². The van der Waals surface area contributed by atoms with Crippen molar-refractivity contribution in [1.82, 2.24) is 5.32 Å². The third kappa shape index (κ3) is 6.47. The molecule has 1 amide bonds. The highest BCUT2D eigenvalue weighted by Gasteiger charge is 2.27. The van der Waals surface area contributed by atoms with E-state index in [4.69, 9.17) is 14.2 Å². The molecule has 0 atom stereocenters. The van der Waals surface area contributed by atoms with E-state index in [1.807, 2.05) is 0 Å². The second kappa shape index (κ2) is 8.76. The van der Waals surface area contributed by atoms with Crippen molar-refractivity contribution in [2.45, 2.75) is 11.9 Å². The van der Waals surface area contributed by atoms with Crippen LogP contribution in [-0.4, -0.2) is 45.0 Å². The molecule has 1 aromatic carbocycles. The molecular formula is C14H18F3NO4S. The van der Waals surface area contributed by atoms with Gasteiger partial charge in [-0.1, -0.05) is 0 Å². The molecule has 9 heteroatoms. The Labute approximate surface area is 136 Å². The smallest absolute Gasteiger partial charge is 0.441 e. The minimum atomic E-state index is -4.29. The van der Waals surface area contributed by atoms with E-state index in [2.05, 4.69) is 5.32 Å². The maximum atomic E-state index is 12.0. The summed E-state index contributed by atoms with van der Waals surface area (Å²) in [6.45, 7) is -0.0621. The van der Waals surface area contributed by atoms with E-state index < -0.39 is 5.51 Å². The van der Waals surface area contributed by atoms with Crippen LogP contribution in [0.3, 0.4) is 0 Å². The van der Waals surface area contributed by atoms with Crippen LogP contribution < -0.4 is 19.5 Å². The Balaban J connectivity index is 2.64. The lowest BCUT2D eigenvalue weighted by molar-refractivity contribution is -0.120. The molecule has 0 saturated carbocycles. The average Bonchev–Trinajstić information content (AvgIpc) is 2.49. The number of thioether (sulfide) groups is 1. The number of rotatable bonds is 8. The van der Waals surface area contributed by atoms with E-state index in [1.165, 1.54) is 21.3 Å². The van der Waals surface area contributed by atoms with Crippen LogP contribution in [0.5, 0.6) is 17.2 Å². The Bertz CT molecular complexity index is 512. The fourth-order valence-corrected chi connectivity index (χ4v) is 2.28. The van der Waals surface area contributed by atoms with E-state index in [9.17, 15) is 18.0 Å². The van der Waals surface area contributed by atoms with Gasteiger partial charge in [-0.25, -0.2) is 0 Å². The van der Waals surface area contributed by atoms with Gasteiger partial charge in [-0.2, -0.15) is 13.2 Å². The molecule has 0 radical (unpaired) electrons. The predicted molar refractivity (Wildman–Crippen MR) is 81.3 cm³/mol. The number of carbonyl (C=O) groups is 1. The minimum absolute atomic E-state index is 0.00655. The summed E-state index contributed by atoms with van der Waals surface area (Å²) in [4.78, 5) is 11.8. The normalized spacial score (nSPS) is 11.0. The average molecular weight is 353 g/mol. The van der Waals surface area contributed by atoms with Crippen molar-refractivity contribution < 1.29 is 32.2 Å². The summed E-state index contributed by atoms with van der Waals surface area (Å²) in [5.74, 6) is 0.595. The van der Waals surface area contributed by atoms with Crippen molar-refractivity contribution in [3.63, 3.8) is 0 Å². The van der Waals surface area contributed by atoms with Crippen LogP contribution in [0.4, 0.5) is 13.2 Å². The molecule has 0 fully saturated rings. The predicted octanol–water partition coefficient (Wildman–Crippen LogP) is 2.62. The van der Waals surface area contributed by atoms with Crippen LogP contribution in [0.1, 0.15) is 5.56 Å². The lowest BCUT2D eigenvalue weighted by Gasteiger charge is -2.14. The molecule has 0 saturated heterocycles. The summed E-state index contributed by atoms with van der Waals surface area (Å²) < 4.78 is 51.4. The van der Waals surface area contributed by atoms with Crippen molar-refractivity contribution in [1.29, 1.82) is 0 Å². The molecule has 1 aromatic rings. The lowest BCUT2D eigenvalue weighted by atomic mass is 10.1. The summed E-state index contributed by atoms with van der Waals surface area (Å²) >= 11 is -0.172. The van der Waals surface area contributed by atoms with Gasteiger partial charge in [0.1, 0.15) is 0 Å². The molecule has 130 valence electrons. The fourth-order valence-electron chi connectivity index (χ4n) is 1.84. The number of hydrogen-bond acceptors (Lipinski definition) is 5. The number of amides is 1. The van der Waals surface area contributed by atoms with Gasteiger partial charge >= 0.3 is 5.51 Å². The van der Waals surface area contributed by atoms with Gasteiger partial charge in [-0.05, 0) is 29.5 Å². The molecule has 0 unspecified atom stereocenters. The second-order valence-corrected chi connectivity index (χ2v) is 5.51. The van der Waals surface area contributed by atoms with Crippen molar-refractivity contribution in [3.8, 4) is 17.2 Å². The Hall–Kier alpha value is -1.77. The molecule has 0 aliphatic rings. The van der Waals surface area contributed by atoms with Gasteiger partial charge in [0, 0.05) is 12.3 Å². The van der Waals surface area contributed by atoms with Crippen LogP contribution in [0.15, 0.2) is 12.1 Å². The topological polar surface area (TPSA) is 56.8 Å². The van der Waals surface area contributed by atoms with Crippen molar-refractivity contribution in [2.75, 3.05) is 33.6 Å². The monoisotopic (exact) mass is 353 g/mol. The van der Waals surface area contributed by atoms with Crippen molar-refractivity contribution in [3.05, 3.63) is 17.7 Å². The highest BCUT2D eigenvalue weighted by Crippen LogP contribution is 2.38. The fraction of sp³-hybridized carbons (Fsp3) is 0.500. The minimum Gasteiger partial charge on any atom is -0.493 e. The SMILES string of the molecule is COc1cc(CC(=O)NCCSC(F)(F)F)cc(OC)c1OC. The molecular weight excluding hydrogens is 335 g/mol. The Morgan fingerprint density at radius 2 is 1.70 bits per heavy atom. The van der Waals surface area contributed by atoms with E-state index in [0.717, 1.165) is 0 Å². The largest absolute Gasteiger partial charge is 0.493 e. The Morgan fingerprint density at radius 1 is 1.13 bits per heavy atom. The first-order chi connectivity index (χ1) is 10.8. The van der Waals surface area contributed by atoms with Gasteiger partial charge in [-0.3, -0.25) is 4.79 Å². The molecule has 0 aliphatic heterocycles. The van der Waals surface area contributed by atoms with E-state index in [1.54, 1.807) is 12.1 Å². The summed E-state index contributed by atoms with van der Waals surface area (Å²) in [7, 11) is 4.37. The Morgan fingerprint density at radius 3 is 2.13 bits per heavy atom. The van der Waals surface area contributed by atoms with E-state index in [0.29, 0.717) is 22.8 Å². The highest BCUT2D eigenvalue weighted by atomic mass is 32.2. The number of nitrogens with one attached hydrogen (secondary N) is 1. The van der Waals surface area contributed by atoms with Crippen LogP contribution in [0, 0.1) is 0 Å². The quantitative estimate of drug-likeness (QED) is 0.728. The second-order valence-electron chi connectivity index (χ2n) is 4.35. The molecule has 5 nitrogen and oxygen atoms in total. The summed E-state index contributed by atoms with van der Waals surface area (Å²) in [6.07, 6.45) is -0.00655. The molecule has 0 heterocycles. The van der Waals surface area contributed by atoms with Crippen LogP contribution in [0.2, 0.25) is 0 Å². The van der Waals surface area contributed by atoms with E-state index >= 15 is 0 Å². The van der Waals surface area contributed by atoms with Gasteiger partial charge in [0.15, 0.2) is 11.5 Å². The third-order valence-corrected chi connectivity index (χ3v) is 3.51. The molecule has 0 aliphatic carbocycles. The summed E-state index contributed by atoms with van der Waals surface area (Å²) in [6, 6.07) is 3.23. The number of ether oxygens (including phenoxy) is 3. The zero-order chi connectivity index (χ0) is 17.5. The van der Waals surface area contributed by atoms with Gasteiger partial charge < -0.3 is 19.5 Å². The van der Waals surface area contributed by atoms with Gasteiger partial charge in [-0.15, -0.1) is 0 Å². The number of carbonyl (C=O) groups excluding carboxylic acids is 1. The molecule has 0 bridgehead atoms. The van der Waals surface area contributed by atoms with Gasteiger partial charge in [0.05, 0.1) is 27.8 Å². The number of halogens is 3. The van der Waals surface area contributed by atoms with Crippen LogP contribution >= 0.6 is 11.8 Å². The number of hydrogen-bond donors (Lipinski definition) is 1. The van der Waals surface area contributed by atoms with E-state index in [-0.39, 0.29) is 36.4 Å². The maximum Gasteiger partial charge on any atom is 0.441 e. The van der Waals surface area contributed by atoms with Gasteiger partial charge in [0.25, 0.3) is 0 Å². The number of alkyl halides is 3. The molecule has 1 N–H and O–H groups in total. The van der Waals surface area contributed by atoms with Gasteiger partial charge in [0.2, 0.25) is 11.7 Å². The molecule has 0 aromatic heterocycles. The first kappa shape index (κ1) is 19.3. The highest BCUT2D eigenvalue weighted by molar-refractivity contribution is 8.00.